The predicted molar refractivity (Wildman–Crippen MR) is 114 cm³/mol. The van der Waals surface area contributed by atoms with Crippen LogP contribution in [-0.4, -0.2) is 54.5 Å². The monoisotopic (exact) mass is 451 g/mol. The number of unbranched alkanes of at least 4 members (excludes halogenated alkanes) is 3. The number of phosphoric ester groups is 1. The van der Waals surface area contributed by atoms with Gasteiger partial charge in [-0.3, -0.25) is 23.4 Å². The first-order valence-corrected chi connectivity index (χ1v) is 11.7. The van der Waals surface area contributed by atoms with E-state index in [4.69, 9.17) is 9.05 Å². The summed E-state index contributed by atoms with van der Waals surface area (Å²) in [6.07, 6.45) is 2.44. The van der Waals surface area contributed by atoms with Gasteiger partial charge < -0.3 is 20.8 Å². The molecule has 0 aromatic carbocycles. The molecule has 3 amide bonds. The molecule has 11 heteroatoms. The number of hydrogen-bond donors (Lipinski definition) is 4. The van der Waals surface area contributed by atoms with Gasteiger partial charge in [-0.1, -0.05) is 33.6 Å². The zero-order valence-corrected chi connectivity index (χ0v) is 19.8. The lowest BCUT2D eigenvalue weighted by atomic mass is 9.95. The molecule has 1 unspecified atom stereocenters. The van der Waals surface area contributed by atoms with E-state index in [1.807, 2.05) is 0 Å². The molecule has 0 aromatic heterocycles. The topological polar surface area (TPSA) is 143 Å². The third kappa shape index (κ3) is 14.5. The standard InChI is InChI=1S/C19H38N3O7P/c1-14(2)29-30(26,27)28-12-10-8-7-9-11-20-17(24)16(22-15(3)23)13-21-18(25)19(4,5)6/h14,16H,7-13H2,1-6H3,(H,20,24)(H,21,25)(H,22,23)(H,26,27)/t16-/m0/s1. The Kier molecular flexibility index (Phi) is 13.1. The molecule has 30 heavy (non-hydrogen) atoms. The van der Waals surface area contributed by atoms with E-state index in [2.05, 4.69) is 16.0 Å². The third-order valence-corrected chi connectivity index (χ3v) is 5.01. The Morgan fingerprint density at radius 1 is 1.03 bits per heavy atom. The maximum Gasteiger partial charge on any atom is 0.472 e. The predicted octanol–water partition coefficient (Wildman–Crippen LogP) is 1.87. The second kappa shape index (κ2) is 13.7. The summed E-state index contributed by atoms with van der Waals surface area (Å²) in [5.41, 5.74) is -0.592. The van der Waals surface area contributed by atoms with Gasteiger partial charge in [-0.15, -0.1) is 0 Å². The molecular weight excluding hydrogens is 413 g/mol. The molecule has 0 radical (unpaired) electrons. The van der Waals surface area contributed by atoms with Crippen molar-refractivity contribution in [3.63, 3.8) is 0 Å². The van der Waals surface area contributed by atoms with Gasteiger partial charge in [-0.05, 0) is 26.7 Å². The number of amides is 3. The molecule has 176 valence electrons. The Labute approximate surface area is 179 Å². The van der Waals surface area contributed by atoms with Crippen molar-refractivity contribution in [2.45, 2.75) is 79.4 Å². The number of phosphoric acid groups is 1. The summed E-state index contributed by atoms with van der Waals surface area (Å²) in [7, 11) is -3.99. The SMILES string of the molecule is CC(=O)N[C@@H](CNC(=O)C(C)(C)C)C(=O)NCCCCCCOP(=O)(O)OC(C)C. The van der Waals surface area contributed by atoms with Gasteiger partial charge in [0.05, 0.1) is 12.7 Å². The van der Waals surface area contributed by atoms with Crippen LogP contribution in [-0.2, 0) is 28.0 Å². The minimum absolute atomic E-state index is 0.0124. The molecule has 0 rings (SSSR count). The van der Waals surface area contributed by atoms with Gasteiger partial charge in [0.15, 0.2) is 0 Å². The van der Waals surface area contributed by atoms with Gasteiger partial charge >= 0.3 is 7.82 Å². The Hall–Kier alpha value is -1.48. The fourth-order valence-corrected chi connectivity index (χ4v) is 3.26. The molecule has 0 aromatic rings. The molecule has 0 fully saturated rings. The van der Waals surface area contributed by atoms with E-state index in [1.54, 1.807) is 34.6 Å². The minimum atomic E-state index is -3.99. The number of carbonyl (C=O) groups excluding carboxylic acids is 3. The molecule has 2 atom stereocenters. The van der Waals surface area contributed by atoms with E-state index < -0.39 is 25.4 Å². The first-order chi connectivity index (χ1) is 13.7. The lowest BCUT2D eigenvalue weighted by Crippen LogP contribution is -2.53. The normalized spacial score (nSPS) is 14.7. The van der Waals surface area contributed by atoms with Gasteiger partial charge in [0.1, 0.15) is 6.04 Å². The average molecular weight is 452 g/mol. The van der Waals surface area contributed by atoms with Crippen molar-refractivity contribution in [1.82, 2.24) is 16.0 Å². The molecule has 0 heterocycles. The van der Waals surface area contributed by atoms with Crippen LogP contribution in [0.1, 0.15) is 67.2 Å². The van der Waals surface area contributed by atoms with Gasteiger partial charge in [0, 0.05) is 25.4 Å². The van der Waals surface area contributed by atoms with Crippen LogP contribution < -0.4 is 16.0 Å². The Morgan fingerprint density at radius 3 is 2.17 bits per heavy atom. The van der Waals surface area contributed by atoms with Crippen LogP contribution in [0.15, 0.2) is 0 Å². The van der Waals surface area contributed by atoms with E-state index in [0.29, 0.717) is 19.4 Å². The number of carbonyl (C=O) groups is 3. The van der Waals surface area contributed by atoms with Crippen molar-refractivity contribution in [2.24, 2.45) is 5.41 Å². The summed E-state index contributed by atoms with van der Waals surface area (Å²) in [4.78, 5) is 45.1. The van der Waals surface area contributed by atoms with Crippen LogP contribution >= 0.6 is 7.82 Å². The molecule has 0 aliphatic heterocycles. The number of nitrogens with one attached hydrogen (secondary N) is 3. The van der Waals surface area contributed by atoms with Crippen molar-refractivity contribution >= 4 is 25.5 Å². The highest BCUT2D eigenvalue weighted by molar-refractivity contribution is 7.47. The van der Waals surface area contributed by atoms with E-state index in [0.717, 1.165) is 12.8 Å². The molecule has 0 saturated heterocycles. The van der Waals surface area contributed by atoms with Crippen molar-refractivity contribution in [1.29, 1.82) is 0 Å². The Bertz CT molecular complexity index is 605. The van der Waals surface area contributed by atoms with Crippen molar-refractivity contribution < 1.29 is 32.9 Å². The molecule has 10 nitrogen and oxygen atoms in total. The first-order valence-electron chi connectivity index (χ1n) is 10.2. The van der Waals surface area contributed by atoms with Gasteiger partial charge in [-0.25, -0.2) is 4.57 Å². The molecule has 0 spiro atoms. The average Bonchev–Trinajstić information content (AvgIpc) is 2.57. The highest BCUT2D eigenvalue weighted by Crippen LogP contribution is 2.44. The van der Waals surface area contributed by atoms with E-state index in [-0.39, 0.29) is 30.9 Å². The summed E-state index contributed by atoms with van der Waals surface area (Å²) in [6, 6.07) is -0.846. The van der Waals surface area contributed by atoms with Crippen LogP contribution in [0.5, 0.6) is 0 Å². The van der Waals surface area contributed by atoms with Crippen molar-refractivity contribution in [3.05, 3.63) is 0 Å². The number of rotatable bonds is 14. The molecule has 0 aliphatic carbocycles. The van der Waals surface area contributed by atoms with E-state index in [9.17, 15) is 23.8 Å². The largest absolute Gasteiger partial charge is 0.472 e. The third-order valence-electron chi connectivity index (χ3n) is 3.81. The smallest absolute Gasteiger partial charge is 0.354 e. The molecule has 0 saturated carbocycles. The van der Waals surface area contributed by atoms with Gasteiger partial charge in [0.25, 0.3) is 0 Å². The Balaban J connectivity index is 4.13. The van der Waals surface area contributed by atoms with Crippen LogP contribution in [0.3, 0.4) is 0 Å². The van der Waals surface area contributed by atoms with Crippen molar-refractivity contribution in [3.8, 4) is 0 Å². The van der Waals surface area contributed by atoms with Crippen LogP contribution in [0.25, 0.3) is 0 Å². The first kappa shape index (κ1) is 28.5. The summed E-state index contributed by atoms with van der Waals surface area (Å²) >= 11 is 0. The fourth-order valence-electron chi connectivity index (χ4n) is 2.31. The van der Waals surface area contributed by atoms with Crippen LogP contribution in [0, 0.1) is 5.41 Å². The minimum Gasteiger partial charge on any atom is -0.354 e. The number of hydrogen-bond acceptors (Lipinski definition) is 6. The summed E-state index contributed by atoms with van der Waals surface area (Å²) < 4.78 is 21.2. The lowest BCUT2D eigenvalue weighted by Gasteiger charge is -2.22. The van der Waals surface area contributed by atoms with Crippen LogP contribution in [0.2, 0.25) is 0 Å². The molecule has 0 bridgehead atoms. The fraction of sp³-hybridized carbons (Fsp3) is 0.842. The van der Waals surface area contributed by atoms with E-state index in [1.165, 1.54) is 6.92 Å². The summed E-state index contributed by atoms with van der Waals surface area (Å²) in [6.45, 7) is 10.4. The maximum absolute atomic E-state index is 12.3. The van der Waals surface area contributed by atoms with Gasteiger partial charge in [-0.2, -0.15) is 0 Å². The van der Waals surface area contributed by atoms with E-state index >= 15 is 0 Å². The zero-order valence-electron chi connectivity index (χ0n) is 18.9. The van der Waals surface area contributed by atoms with Crippen LogP contribution in [0.4, 0.5) is 0 Å². The zero-order chi connectivity index (χ0) is 23.4. The summed E-state index contributed by atoms with van der Waals surface area (Å²) in [5.74, 6) is -0.934. The second-order valence-electron chi connectivity index (χ2n) is 8.37. The van der Waals surface area contributed by atoms with Gasteiger partial charge in [0.2, 0.25) is 17.7 Å². The Morgan fingerprint density at radius 2 is 1.63 bits per heavy atom. The molecular formula is C19H38N3O7P. The lowest BCUT2D eigenvalue weighted by molar-refractivity contribution is -0.130. The highest BCUT2D eigenvalue weighted by Gasteiger charge is 2.25. The quantitative estimate of drug-likeness (QED) is 0.233. The second-order valence-corrected chi connectivity index (χ2v) is 9.78. The highest BCUT2D eigenvalue weighted by atomic mass is 31.2. The molecule has 0 aliphatic rings. The van der Waals surface area contributed by atoms with Crippen molar-refractivity contribution in [2.75, 3.05) is 19.7 Å². The maximum atomic E-state index is 12.3. The molecule has 4 N–H and O–H groups in total. The summed E-state index contributed by atoms with van der Waals surface area (Å²) in [5, 5.41) is 7.96.